The molecule has 0 rings (SSSR count). The summed E-state index contributed by atoms with van der Waals surface area (Å²) in [6.45, 7) is 4.21. The van der Waals surface area contributed by atoms with Gasteiger partial charge in [-0.1, -0.05) is 13.3 Å². The third kappa shape index (κ3) is 5.00. The first-order chi connectivity index (χ1) is 6.11. The maximum atomic E-state index is 11.2. The summed E-state index contributed by atoms with van der Waals surface area (Å²) in [5, 5.41) is 11.0. The molecule has 0 saturated heterocycles. The molecule has 0 fully saturated rings. The van der Waals surface area contributed by atoms with Crippen LogP contribution in [0, 0.1) is 0 Å². The van der Waals surface area contributed by atoms with Crippen LogP contribution in [-0.2, 0) is 9.59 Å². The molecule has 0 unspecified atom stereocenters. The van der Waals surface area contributed by atoms with E-state index < -0.39 is 5.97 Å². The first kappa shape index (κ1) is 11.7. The lowest BCUT2D eigenvalue weighted by Crippen LogP contribution is -2.25. The summed E-state index contributed by atoms with van der Waals surface area (Å²) in [5.74, 6) is -1.36. The van der Waals surface area contributed by atoms with E-state index in [1.807, 2.05) is 6.92 Å². The lowest BCUT2D eigenvalue weighted by molar-refractivity contribution is -0.132. The predicted octanol–water partition coefficient (Wildman–Crippen LogP) is 0.934. The van der Waals surface area contributed by atoms with Crippen molar-refractivity contribution in [3.05, 3.63) is 11.6 Å². The van der Waals surface area contributed by atoms with Crippen molar-refractivity contribution in [1.82, 2.24) is 5.32 Å². The number of hydrogen-bond donors (Lipinski definition) is 2. The summed E-state index contributed by atoms with van der Waals surface area (Å²) < 4.78 is 0. The van der Waals surface area contributed by atoms with Crippen molar-refractivity contribution >= 4 is 11.9 Å². The standard InChI is InChI=1S/C9H15NO3/c1-3-5-7(6-8(11)12)9(13)10-4-2/h6H,3-5H2,1-2H3,(H,10,13)(H,11,12)/b7-6-. The minimum atomic E-state index is -1.07. The first-order valence-electron chi connectivity index (χ1n) is 4.33. The average molecular weight is 185 g/mol. The molecule has 0 aliphatic heterocycles. The van der Waals surface area contributed by atoms with Crippen LogP contribution in [0.1, 0.15) is 26.7 Å². The van der Waals surface area contributed by atoms with Crippen molar-refractivity contribution < 1.29 is 14.7 Å². The van der Waals surface area contributed by atoms with Gasteiger partial charge >= 0.3 is 5.97 Å². The summed E-state index contributed by atoms with van der Waals surface area (Å²) in [5.41, 5.74) is 0.330. The van der Waals surface area contributed by atoms with Crippen molar-refractivity contribution in [2.24, 2.45) is 0 Å². The highest BCUT2D eigenvalue weighted by atomic mass is 16.4. The second kappa shape index (κ2) is 6.22. The largest absolute Gasteiger partial charge is 0.478 e. The summed E-state index contributed by atoms with van der Waals surface area (Å²) in [6, 6.07) is 0. The van der Waals surface area contributed by atoms with Crippen LogP contribution in [-0.4, -0.2) is 23.5 Å². The van der Waals surface area contributed by atoms with Gasteiger partial charge in [0.1, 0.15) is 0 Å². The molecule has 13 heavy (non-hydrogen) atoms. The molecule has 0 aromatic rings. The van der Waals surface area contributed by atoms with Gasteiger partial charge in [0.25, 0.3) is 0 Å². The Labute approximate surface area is 77.6 Å². The molecule has 0 aliphatic carbocycles. The van der Waals surface area contributed by atoms with Crippen molar-refractivity contribution in [1.29, 1.82) is 0 Å². The number of carbonyl (C=O) groups is 2. The van der Waals surface area contributed by atoms with E-state index in [-0.39, 0.29) is 5.91 Å². The normalized spacial score (nSPS) is 11.1. The number of hydrogen-bond acceptors (Lipinski definition) is 2. The molecule has 0 aromatic heterocycles. The molecule has 1 amide bonds. The monoisotopic (exact) mass is 185 g/mol. The van der Waals surface area contributed by atoms with Gasteiger partial charge < -0.3 is 10.4 Å². The van der Waals surface area contributed by atoms with Crippen molar-refractivity contribution in [3.63, 3.8) is 0 Å². The molecular formula is C9H15NO3. The predicted molar refractivity (Wildman–Crippen MR) is 49.3 cm³/mol. The number of amides is 1. The smallest absolute Gasteiger partial charge is 0.328 e. The number of carboxylic acid groups (broad SMARTS) is 1. The van der Waals surface area contributed by atoms with E-state index in [0.717, 1.165) is 12.5 Å². The topological polar surface area (TPSA) is 66.4 Å². The average Bonchev–Trinajstić information content (AvgIpc) is 2.03. The Morgan fingerprint density at radius 1 is 1.38 bits per heavy atom. The maximum Gasteiger partial charge on any atom is 0.328 e. The molecule has 4 nitrogen and oxygen atoms in total. The van der Waals surface area contributed by atoms with Crippen LogP contribution in [0.5, 0.6) is 0 Å². The van der Waals surface area contributed by atoms with E-state index in [2.05, 4.69) is 5.32 Å². The number of carbonyl (C=O) groups excluding carboxylic acids is 1. The van der Waals surface area contributed by atoms with Crippen molar-refractivity contribution in [2.75, 3.05) is 6.54 Å². The molecule has 0 atom stereocenters. The fourth-order valence-electron chi connectivity index (χ4n) is 0.944. The Morgan fingerprint density at radius 3 is 2.38 bits per heavy atom. The van der Waals surface area contributed by atoms with Crippen LogP contribution in [0.2, 0.25) is 0 Å². The third-order valence-corrected chi connectivity index (χ3v) is 1.45. The van der Waals surface area contributed by atoms with Gasteiger partial charge in [-0.2, -0.15) is 0 Å². The second-order valence-electron chi connectivity index (χ2n) is 2.62. The molecule has 4 heteroatoms. The van der Waals surface area contributed by atoms with E-state index in [1.165, 1.54) is 0 Å². The second-order valence-corrected chi connectivity index (χ2v) is 2.62. The van der Waals surface area contributed by atoms with Crippen molar-refractivity contribution in [2.45, 2.75) is 26.7 Å². The zero-order valence-corrected chi connectivity index (χ0v) is 7.96. The van der Waals surface area contributed by atoms with E-state index in [0.29, 0.717) is 18.5 Å². The van der Waals surface area contributed by atoms with Gasteiger partial charge in [0, 0.05) is 18.2 Å². The highest BCUT2D eigenvalue weighted by molar-refractivity contribution is 5.98. The Hall–Kier alpha value is -1.32. The quantitative estimate of drug-likeness (QED) is 0.626. The Kier molecular flexibility index (Phi) is 5.59. The number of rotatable bonds is 5. The number of carboxylic acids is 1. The lowest BCUT2D eigenvalue weighted by atomic mass is 10.1. The summed E-state index contributed by atoms with van der Waals surface area (Å²) in [6.07, 6.45) is 2.23. The molecule has 0 heterocycles. The van der Waals surface area contributed by atoms with Crippen molar-refractivity contribution in [3.8, 4) is 0 Å². The van der Waals surface area contributed by atoms with Gasteiger partial charge in [0.2, 0.25) is 5.91 Å². The van der Waals surface area contributed by atoms with Crippen LogP contribution < -0.4 is 5.32 Å². The summed E-state index contributed by atoms with van der Waals surface area (Å²) in [7, 11) is 0. The molecular weight excluding hydrogens is 170 g/mol. The van der Waals surface area contributed by atoms with Gasteiger partial charge in [0.15, 0.2) is 0 Å². The summed E-state index contributed by atoms with van der Waals surface area (Å²) >= 11 is 0. The van der Waals surface area contributed by atoms with E-state index in [9.17, 15) is 9.59 Å². The van der Waals surface area contributed by atoms with E-state index in [4.69, 9.17) is 5.11 Å². The molecule has 0 radical (unpaired) electrons. The fourth-order valence-corrected chi connectivity index (χ4v) is 0.944. The highest BCUT2D eigenvalue weighted by Crippen LogP contribution is 2.04. The molecule has 2 N–H and O–H groups in total. The number of aliphatic carboxylic acids is 1. The number of likely N-dealkylation sites (N-methyl/N-ethyl adjacent to an activating group) is 1. The zero-order valence-electron chi connectivity index (χ0n) is 7.96. The fraction of sp³-hybridized carbons (Fsp3) is 0.556. The van der Waals surface area contributed by atoms with Gasteiger partial charge in [-0.25, -0.2) is 4.79 Å². The summed E-state index contributed by atoms with van der Waals surface area (Å²) in [4.78, 5) is 21.6. The Balaban J connectivity index is 4.40. The van der Waals surface area contributed by atoms with Gasteiger partial charge in [-0.05, 0) is 13.3 Å². The lowest BCUT2D eigenvalue weighted by Gasteiger charge is -2.04. The minimum Gasteiger partial charge on any atom is -0.478 e. The number of nitrogens with one attached hydrogen (secondary N) is 1. The first-order valence-corrected chi connectivity index (χ1v) is 4.33. The Bertz CT molecular complexity index is 221. The molecule has 0 aliphatic rings. The van der Waals surface area contributed by atoms with Crippen LogP contribution in [0.15, 0.2) is 11.6 Å². The van der Waals surface area contributed by atoms with Gasteiger partial charge in [-0.3, -0.25) is 4.79 Å². The maximum absolute atomic E-state index is 11.2. The molecule has 0 aromatic carbocycles. The van der Waals surface area contributed by atoms with Gasteiger partial charge in [0.05, 0.1) is 0 Å². The Morgan fingerprint density at radius 2 is 2.00 bits per heavy atom. The van der Waals surface area contributed by atoms with Crippen LogP contribution in [0.25, 0.3) is 0 Å². The zero-order chi connectivity index (χ0) is 10.3. The molecule has 0 bridgehead atoms. The third-order valence-electron chi connectivity index (χ3n) is 1.45. The molecule has 74 valence electrons. The van der Waals surface area contributed by atoms with Crippen LogP contribution in [0.4, 0.5) is 0 Å². The minimum absolute atomic E-state index is 0.285. The van der Waals surface area contributed by atoms with E-state index in [1.54, 1.807) is 6.92 Å². The van der Waals surface area contributed by atoms with E-state index >= 15 is 0 Å². The van der Waals surface area contributed by atoms with Crippen LogP contribution >= 0.6 is 0 Å². The molecule has 0 saturated carbocycles. The highest BCUT2D eigenvalue weighted by Gasteiger charge is 2.08. The van der Waals surface area contributed by atoms with Gasteiger partial charge in [-0.15, -0.1) is 0 Å². The van der Waals surface area contributed by atoms with Crippen LogP contribution in [0.3, 0.4) is 0 Å². The molecule has 0 spiro atoms. The SMILES string of the molecule is CCC/C(=C/C(=O)O)C(=O)NCC.